The number of aromatic nitrogens is 3. The van der Waals surface area contributed by atoms with Crippen molar-refractivity contribution in [1.29, 1.82) is 0 Å². The maximum Gasteiger partial charge on any atom is 0.262 e. The average Bonchev–Trinajstić information content (AvgIpc) is 3.27. The molecule has 3 aromatic heterocycles. The number of anilines is 1. The quantitative estimate of drug-likeness (QED) is 0.562. The molecule has 3 heterocycles. The van der Waals surface area contributed by atoms with Crippen LogP contribution >= 0.6 is 34.3 Å². The molecule has 130 valence electrons. The lowest BCUT2D eigenvalue weighted by Crippen LogP contribution is -2.27. The third-order valence-electron chi connectivity index (χ3n) is 3.66. The predicted octanol–water partition coefficient (Wildman–Crippen LogP) is 3.87. The first-order chi connectivity index (χ1) is 12.6. The largest absolute Gasteiger partial charge is 0.300 e. The van der Waals surface area contributed by atoms with E-state index in [9.17, 15) is 9.59 Å². The van der Waals surface area contributed by atoms with Gasteiger partial charge in [-0.15, -0.1) is 22.7 Å². The lowest BCUT2D eigenvalue weighted by molar-refractivity contribution is -0.116. The number of thiophene rings is 1. The molecule has 1 aromatic carbocycles. The van der Waals surface area contributed by atoms with Gasteiger partial charge in [0.25, 0.3) is 5.56 Å². The summed E-state index contributed by atoms with van der Waals surface area (Å²) in [4.78, 5) is 33.8. The van der Waals surface area contributed by atoms with E-state index < -0.39 is 0 Å². The highest BCUT2D eigenvalue weighted by atomic mass is 35.5. The van der Waals surface area contributed by atoms with Crippen LogP contribution in [0.2, 0.25) is 5.02 Å². The molecule has 9 heteroatoms. The molecule has 1 N–H and O–H groups in total. The second-order valence-corrected chi connectivity index (χ2v) is 7.54. The van der Waals surface area contributed by atoms with E-state index in [2.05, 4.69) is 15.3 Å². The lowest BCUT2D eigenvalue weighted by Gasteiger charge is -2.05. The van der Waals surface area contributed by atoms with Crippen molar-refractivity contribution in [2.75, 3.05) is 5.32 Å². The number of hydrogen-bond acceptors (Lipinski definition) is 6. The minimum atomic E-state index is -0.344. The summed E-state index contributed by atoms with van der Waals surface area (Å²) in [7, 11) is 0. The van der Waals surface area contributed by atoms with E-state index >= 15 is 0 Å². The van der Waals surface area contributed by atoms with Crippen LogP contribution in [0.5, 0.6) is 0 Å². The number of fused-ring (bicyclic) bond motifs is 1. The molecule has 4 rings (SSSR count). The van der Waals surface area contributed by atoms with Crippen LogP contribution in [0, 0.1) is 0 Å². The van der Waals surface area contributed by atoms with Crippen molar-refractivity contribution >= 4 is 55.5 Å². The number of nitrogens with zero attached hydrogens (tertiary/aromatic N) is 3. The van der Waals surface area contributed by atoms with Gasteiger partial charge in [-0.2, -0.15) is 0 Å². The van der Waals surface area contributed by atoms with Crippen LogP contribution in [0.15, 0.2) is 52.2 Å². The van der Waals surface area contributed by atoms with E-state index in [1.54, 1.807) is 17.5 Å². The highest BCUT2D eigenvalue weighted by Crippen LogP contribution is 2.30. The molecule has 4 aromatic rings. The zero-order valence-electron chi connectivity index (χ0n) is 13.2. The van der Waals surface area contributed by atoms with Gasteiger partial charge >= 0.3 is 0 Å². The van der Waals surface area contributed by atoms with Crippen molar-refractivity contribution in [2.45, 2.75) is 6.54 Å². The fourth-order valence-corrected chi connectivity index (χ4v) is 4.13. The number of hydrogen-bond donors (Lipinski definition) is 1. The summed E-state index contributed by atoms with van der Waals surface area (Å²) < 4.78 is 1.28. The van der Waals surface area contributed by atoms with Crippen molar-refractivity contribution < 1.29 is 4.79 Å². The topological polar surface area (TPSA) is 76.9 Å². The van der Waals surface area contributed by atoms with Crippen LogP contribution in [0.1, 0.15) is 0 Å². The first-order valence-electron chi connectivity index (χ1n) is 7.55. The van der Waals surface area contributed by atoms with Gasteiger partial charge in [0.1, 0.15) is 11.4 Å². The minimum absolute atomic E-state index is 0.126. The van der Waals surface area contributed by atoms with Gasteiger partial charge in [0.05, 0.1) is 17.4 Å². The molecule has 0 spiro atoms. The maximum atomic E-state index is 12.3. The standard InChI is InChI=1S/C17H11ClN4O2S2/c18-12-4-2-1-3-10(12)13-8-26-17(20-13)21-14(23)7-22-9-19-15-11(16(22)24)5-6-25-15/h1-6,8-9H,7H2,(H,20,21,23). The molecule has 1 amide bonds. The minimum Gasteiger partial charge on any atom is -0.300 e. The van der Waals surface area contributed by atoms with Gasteiger partial charge in [-0.05, 0) is 17.5 Å². The molecule has 0 atom stereocenters. The number of rotatable bonds is 4. The van der Waals surface area contributed by atoms with Gasteiger partial charge in [0.15, 0.2) is 5.13 Å². The molecular weight excluding hydrogens is 392 g/mol. The van der Waals surface area contributed by atoms with Gasteiger partial charge in [0.2, 0.25) is 5.91 Å². The molecule has 0 aliphatic rings. The van der Waals surface area contributed by atoms with Crippen LogP contribution in [0.3, 0.4) is 0 Å². The number of nitrogens with one attached hydrogen (secondary N) is 1. The summed E-state index contributed by atoms with van der Waals surface area (Å²) in [6.07, 6.45) is 1.39. The second-order valence-electron chi connectivity index (χ2n) is 5.38. The molecule has 0 saturated carbocycles. The molecule has 0 aliphatic carbocycles. The first-order valence-corrected chi connectivity index (χ1v) is 9.68. The van der Waals surface area contributed by atoms with Gasteiger partial charge in [-0.3, -0.25) is 14.2 Å². The number of carbonyl (C=O) groups excluding carboxylic acids is 1. The number of thiazole rings is 1. The molecule has 0 bridgehead atoms. The van der Waals surface area contributed by atoms with Crippen LogP contribution in [-0.2, 0) is 11.3 Å². The fourth-order valence-electron chi connectivity index (χ4n) is 2.44. The Balaban J connectivity index is 1.51. The summed E-state index contributed by atoms with van der Waals surface area (Å²) in [5, 5.41) is 7.89. The van der Waals surface area contributed by atoms with Crippen molar-refractivity contribution in [1.82, 2.24) is 14.5 Å². The molecule has 6 nitrogen and oxygen atoms in total. The number of halogens is 1. The van der Waals surface area contributed by atoms with E-state index in [1.807, 2.05) is 23.6 Å². The van der Waals surface area contributed by atoms with Crippen molar-refractivity contribution in [3.05, 3.63) is 62.8 Å². The van der Waals surface area contributed by atoms with Crippen molar-refractivity contribution in [3.63, 3.8) is 0 Å². The van der Waals surface area contributed by atoms with Crippen molar-refractivity contribution in [2.24, 2.45) is 0 Å². The average molecular weight is 403 g/mol. The van der Waals surface area contributed by atoms with E-state index in [0.717, 1.165) is 5.56 Å². The maximum absolute atomic E-state index is 12.3. The Kier molecular flexibility index (Phi) is 4.54. The van der Waals surface area contributed by atoms with Crippen LogP contribution in [0.4, 0.5) is 5.13 Å². The summed E-state index contributed by atoms with van der Waals surface area (Å²) in [5.74, 6) is -0.344. The number of carbonyl (C=O) groups is 1. The van der Waals surface area contributed by atoms with Gasteiger partial charge in [-0.1, -0.05) is 29.8 Å². The zero-order chi connectivity index (χ0) is 18.1. The van der Waals surface area contributed by atoms with Crippen LogP contribution in [-0.4, -0.2) is 20.4 Å². The summed E-state index contributed by atoms with van der Waals surface area (Å²) >= 11 is 8.86. The van der Waals surface area contributed by atoms with E-state index in [4.69, 9.17) is 11.6 Å². The van der Waals surface area contributed by atoms with E-state index in [1.165, 1.54) is 33.6 Å². The smallest absolute Gasteiger partial charge is 0.262 e. The molecule has 0 unspecified atom stereocenters. The number of amides is 1. The molecular formula is C17H11ClN4O2S2. The number of benzene rings is 1. The first kappa shape index (κ1) is 16.9. The Hall–Kier alpha value is -2.55. The Morgan fingerprint density at radius 2 is 2.08 bits per heavy atom. The Morgan fingerprint density at radius 3 is 2.92 bits per heavy atom. The van der Waals surface area contributed by atoms with Crippen LogP contribution in [0.25, 0.3) is 21.5 Å². The SMILES string of the molecule is O=C(Cn1cnc2sccc2c1=O)Nc1nc(-c2ccccc2Cl)cs1. The normalized spacial score (nSPS) is 11.0. The Labute approximate surface area is 160 Å². The van der Waals surface area contributed by atoms with E-state index in [-0.39, 0.29) is 18.0 Å². The van der Waals surface area contributed by atoms with Gasteiger partial charge < -0.3 is 5.32 Å². The highest BCUT2D eigenvalue weighted by molar-refractivity contribution is 7.16. The molecule has 0 saturated heterocycles. The van der Waals surface area contributed by atoms with Crippen molar-refractivity contribution in [3.8, 4) is 11.3 Å². The Bertz CT molecular complexity index is 1160. The molecule has 0 aliphatic heterocycles. The highest BCUT2D eigenvalue weighted by Gasteiger charge is 2.12. The fraction of sp³-hybridized carbons (Fsp3) is 0.0588. The van der Waals surface area contributed by atoms with Crippen LogP contribution < -0.4 is 10.9 Å². The van der Waals surface area contributed by atoms with Gasteiger partial charge in [-0.25, -0.2) is 9.97 Å². The second kappa shape index (κ2) is 6.99. The Morgan fingerprint density at radius 1 is 1.23 bits per heavy atom. The molecule has 0 radical (unpaired) electrons. The van der Waals surface area contributed by atoms with E-state index in [0.29, 0.717) is 26.1 Å². The molecule has 26 heavy (non-hydrogen) atoms. The zero-order valence-corrected chi connectivity index (χ0v) is 15.6. The summed E-state index contributed by atoms with van der Waals surface area (Å²) in [6, 6.07) is 9.08. The molecule has 0 fully saturated rings. The predicted molar refractivity (Wildman–Crippen MR) is 105 cm³/mol. The summed E-state index contributed by atoms with van der Waals surface area (Å²) in [6.45, 7) is -0.126. The monoisotopic (exact) mass is 402 g/mol. The van der Waals surface area contributed by atoms with Gasteiger partial charge in [0, 0.05) is 16.0 Å². The summed E-state index contributed by atoms with van der Waals surface area (Å²) in [5.41, 5.74) is 1.26. The third-order valence-corrected chi connectivity index (χ3v) is 5.57. The lowest BCUT2D eigenvalue weighted by atomic mass is 10.2. The third kappa shape index (κ3) is 3.26.